The number of carboxylic acids is 1. The first kappa shape index (κ1) is 50.4. The average molecular weight is 864 g/mol. The Kier molecular flexibility index (Phi) is 15.4. The minimum atomic E-state index is -0.951. The molecule has 0 saturated carbocycles. The van der Waals surface area contributed by atoms with Gasteiger partial charge in [-0.05, 0) is 162 Å². The predicted octanol–water partition coefficient (Wildman–Crippen LogP) is 8.27. The summed E-state index contributed by atoms with van der Waals surface area (Å²) in [6, 6.07) is 27.7. The molecule has 336 valence electrons. The van der Waals surface area contributed by atoms with E-state index in [1.807, 2.05) is 121 Å². The van der Waals surface area contributed by atoms with Crippen LogP contribution >= 0.6 is 0 Å². The number of ether oxygens (including phenoxy) is 2. The van der Waals surface area contributed by atoms with E-state index in [0.717, 1.165) is 16.5 Å². The Morgan fingerprint density at radius 1 is 0.540 bits per heavy atom. The third kappa shape index (κ3) is 13.9. The van der Waals surface area contributed by atoms with Gasteiger partial charge in [0, 0.05) is 17.7 Å². The van der Waals surface area contributed by atoms with Gasteiger partial charge in [0.15, 0.2) is 5.78 Å². The van der Waals surface area contributed by atoms with E-state index in [9.17, 15) is 19.2 Å². The molecule has 0 aromatic heterocycles. The summed E-state index contributed by atoms with van der Waals surface area (Å²) in [6.07, 6.45) is 0.238. The summed E-state index contributed by atoms with van der Waals surface area (Å²) >= 11 is 0. The normalized spacial score (nSPS) is 17.0. The molecule has 0 aliphatic carbocycles. The standard InChI is InChI=1S/C25H31BO5.C13H17BO4.C11H15NO2/c1-23(2,3)29-22(28)18-13-11-17(12-14-18)15-21(27)19-9-8-10-20(16-19)26-30-24(4,5)25(6,7)31-26;1-12(2)13(3,4)18-14(17-12)10-7-5-6-9(8-10)11(15)16;1-11(2,3)14-10(13)8-4-6-9(12)7-5-8/h8-14,16H,15H2,1-7H3;5-8H,1-4H3,(H,15,16);4-7H,12H2,1-3H3. The lowest BCUT2D eigenvalue weighted by molar-refractivity contribution is 0.00570. The van der Waals surface area contributed by atoms with Crippen LogP contribution in [0.1, 0.15) is 144 Å². The highest BCUT2D eigenvalue weighted by Crippen LogP contribution is 2.37. The Labute approximate surface area is 373 Å². The summed E-state index contributed by atoms with van der Waals surface area (Å²) in [5.74, 6) is -1.66. The van der Waals surface area contributed by atoms with Gasteiger partial charge in [0.2, 0.25) is 0 Å². The molecule has 14 heteroatoms. The summed E-state index contributed by atoms with van der Waals surface area (Å²) in [6.45, 7) is 26.9. The summed E-state index contributed by atoms with van der Waals surface area (Å²) in [4.78, 5) is 47.5. The second kappa shape index (κ2) is 19.2. The molecule has 2 aliphatic rings. The highest BCUT2D eigenvalue weighted by atomic mass is 16.7. The van der Waals surface area contributed by atoms with Gasteiger partial charge in [0.1, 0.15) is 11.2 Å². The SMILES string of the molecule is CC(C)(C)OC(=O)c1ccc(CC(=O)c2cccc(B3OC(C)(C)C(C)(C)O3)c2)cc1.CC(C)(C)OC(=O)c1ccc(N)cc1.CC1(C)OB(c2cccc(C(=O)O)c2)OC1(C)C. The first-order valence-electron chi connectivity index (χ1n) is 21.0. The molecule has 4 aromatic rings. The fraction of sp³-hybridized carbons (Fsp3) is 0.429. The smallest absolute Gasteiger partial charge is 0.478 e. The number of benzene rings is 4. The number of ketones is 1. The number of hydrogen-bond donors (Lipinski definition) is 2. The van der Waals surface area contributed by atoms with E-state index in [-0.39, 0.29) is 29.7 Å². The van der Waals surface area contributed by atoms with E-state index in [0.29, 0.717) is 22.4 Å². The van der Waals surface area contributed by atoms with Crippen LogP contribution in [0.15, 0.2) is 97.1 Å². The summed E-state index contributed by atoms with van der Waals surface area (Å²) in [7, 11) is -1.03. The minimum absolute atomic E-state index is 0.0108. The lowest BCUT2D eigenvalue weighted by Crippen LogP contribution is -2.41. The van der Waals surface area contributed by atoms with Crippen molar-refractivity contribution < 1.29 is 52.4 Å². The molecular formula is C49H63B2NO11. The topological polar surface area (TPSA) is 170 Å². The molecule has 2 aliphatic heterocycles. The van der Waals surface area contributed by atoms with E-state index in [2.05, 4.69) is 0 Å². The average Bonchev–Trinajstić information content (AvgIpc) is 3.53. The largest absolute Gasteiger partial charge is 0.494 e. The molecule has 6 rings (SSSR count). The molecular weight excluding hydrogens is 800 g/mol. The van der Waals surface area contributed by atoms with Crippen LogP contribution in [-0.2, 0) is 34.5 Å². The molecule has 4 aromatic carbocycles. The number of carbonyl (C=O) groups is 4. The highest BCUT2D eigenvalue weighted by Gasteiger charge is 2.52. The van der Waals surface area contributed by atoms with Crippen LogP contribution < -0.4 is 16.7 Å². The Hall–Kier alpha value is -5.27. The van der Waals surface area contributed by atoms with Gasteiger partial charge in [-0.15, -0.1) is 0 Å². The van der Waals surface area contributed by atoms with Gasteiger partial charge in [0.25, 0.3) is 0 Å². The van der Waals surface area contributed by atoms with Crippen LogP contribution in [0.4, 0.5) is 5.69 Å². The number of Topliss-reactive ketones (excluding diaryl/α,β-unsaturated/α-hetero) is 1. The predicted molar refractivity (Wildman–Crippen MR) is 247 cm³/mol. The molecule has 0 spiro atoms. The van der Waals surface area contributed by atoms with Crippen LogP contribution in [0.5, 0.6) is 0 Å². The Bertz CT molecular complexity index is 2220. The van der Waals surface area contributed by atoms with Gasteiger partial charge in [-0.2, -0.15) is 0 Å². The molecule has 2 heterocycles. The zero-order chi connectivity index (χ0) is 47.3. The fourth-order valence-electron chi connectivity index (χ4n) is 5.97. The van der Waals surface area contributed by atoms with E-state index in [1.165, 1.54) is 0 Å². The highest BCUT2D eigenvalue weighted by molar-refractivity contribution is 6.62. The Morgan fingerprint density at radius 3 is 1.25 bits per heavy atom. The van der Waals surface area contributed by atoms with Crippen molar-refractivity contribution in [3.05, 3.63) is 125 Å². The Balaban J connectivity index is 0.000000230. The number of rotatable bonds is 8. The number of anilines is 1. The second-order valence-electron chi connectivity index (χ2n) is 19.7. The van der Waals surface area contributed by atoms with Gasteiger partial charge in [-0.3, -0.25) is 4.79 Å². The third-order valence-corrected chi connectivity index (χ3v) is 10.9. The molecule has 3 N–H and O–H groups in total. The number of esters is 2. The van der Waals surface area contributed by atoms with Crippen LogP contribution in [0.2, 0.25) is 0 Å². The quantitative estimate of drug-likeness (QED) is 0.0754. The Morgan fingerprint density at radius 2 is 0.889 bits per heavy atom. The van der Waals surface area contributed by atoms with Gasteiger partial charge < -0.3 is 38.9 Å². The molecule has 0 atom stereocenters. The van der Waals surface area contributed by atoms with Crippen LogP contribution in [-0.4, -0.2) is 76.6 Å². The molecule has 0 amide bonds. The monoisotopic (exact) mass is 863 g/mol. The van der Waals surface area contributed by atoms with Crippen LogP contribution in [0.3, 0.4) is 0 Å². The van der Waals surface area contributed by atoms with Gasteiger partial charge in [-0.1, -0.05) is 48.5 Å². The van der Waals surface area contributed by atoms with Crippen molar-refractivity contribution in [1.29, 1.82) is 0 Å². The van der Waals surface area contributed by atoms with E-state index >= 15 is 0 Å². The maximum absolute atomic E-state index is 12.9. The number of carbonyl (C=O) groups excluding carboxylic acids is 3. The first-order valence-corrected chi connectivity index (χ1v) is 21.0. The number of nitrogens with two attached hydrogens (primary N) is 1. The fourth-order valence-corrected chi connectivity index (χ4v) is 5.97. The summed E-state index contributed by atoms with van der Waals surface area (Å²) in [5.41, 5.74) is 7.63. The second-order valence-corrected chi connectivity index (χ2v) is 19.7. The molecule has 0 radical (unpaired) electrons. The van der Waals surface area contributed by atoms with Crippen molar-refractivity contribution in [2.24, 2.45) is 0 Å². The van der Waals surface area contributed by atoms with Crippen molar-refractivity contribution in [2.75, 3.05) is 5.73 Å². The molecule has 0 bridgehead atoms. The lowest BCUT2D eigenvalue weighted by Gasteiger charge is -2.32. The van der Waals surface area contributed by atoms with Crippen molar-refractivity contribution >= 4 is 54.5 Å². The molecule has 2 saturated heterocycles. The number of aromatic carboxylic acids is 1. The third-order valence-electron chi connectivity index (χ3n) is 10.9. The molecule has 12 nitrogen and oxygen atoms in total. The zero-order valence-corrected chi connectivity index (χ0v) is 39.2. The van der Waals surface area contributed by atoms with Crippen LogP contribution in [0, 0.1) is 0 Å². The zero-order valence-electron chi connectivity index (χ0n) is 39.2. The van der Waals surface area contributed by atoms with Crippen LogP contribution in [0.25, 0.3) is 0 Å². The van der Waals surface area contributed by atoms with Crippen molar-refractivity contribution in [3.8, 4) is 0 Å². The van der Waals surface area contributed by atoms with E-state index in [1.54, 1.807) is 72.8 Å². The molecule has 2 fully saturated rings. The number of nitrogen functional groups attached to an aromatic ring is 1. The first-order chi connectivity index (χ1) is 28.9. The lowest BCUT2D eigenvalue weighted by atomic mass is 9.78. The minimum Gasteiger partial charge on any atom is -0.478 e. The summed E-state index contributed by atoms with van der Waals surface area (Å²) in [5, 5.41) is 8.98. The van der Waals surface area contributed by atoms with Gasteiger partial charge in [-0.25, -0.2) is 14.4 Å². The van der Waals surface area contributed by atoms with Crippen molar-refractivity contribution in [3.63, 3.8) is 0 Å². The maximum Gasteiger partial charge on any atom is 0.494 e. The van der Waals surface area contributed by atoms with Gasteiger partial charge >= 0.3 is 32.1 Å². The molecule has 0 unspecified atom stereocenters. The van der Waals surface area contributed by atoms with Crippen molar-refractivity contribution in [1.82, 2.24) is 0 Å². The maximum atomic E-state index is 12.9. The summed E-state index contributed by atoms with van der Waals surface area (Å²) < 4.78 is 34.5. The van der Waals surface area contributed by atoms with Gasteiger partial charge in [0.05, 0.1) is 39.1 Å². The van der Waals surface area contributed by atoms with E-state index < -0.39 is 53.8 Å². The number of carboxylic acid groups (broad SMARTS) is 1. The molecule has 63 heavy (non-hydrogen) atoms. The number of hydrogen-bond acceptors (Lipinski definition) is 11. The van der Waals surface area contributed by atoms with Crippen molar-refractivity contribution in [2.45, 2.75) is 137 Å². The van der Waals surface area contributed by atoms with E-state index in [4.69, 9.17) is 38.9 Å².